The van der Waals surface area contributed by atoms with Crippen LogP contribution in [-0.4, -0.2) is 38.6 Å². The number of carbonyl (C=O) groups excluding carboxylic acids is 3. The zero-order valence-corrected chi connectivity index (χ0v) is 16.7. The maximum atomic E-state index is 12.9. The maximum Gasteiger partial charge on any atom is 0.255 e. The van der Waals surface area contributed by atoms with E-state index in [-0.39, 0.29) is 23.7 Å². The number of amides is 3. The molecule has 2 N–H and O–H groups in total. The van der Waals surface area contributed by atoms with Gasteiger partial charge in [-0.1, -0.05) is 26.8 Å². The van der Waals surface area contributed by atoms with Crippen molar-refractivity contribution in [2.75, 3.05) is 5.32 Å². The van der Waals surface area contributed by atoms with Crippen LogP contribution in [0.3, 0.4) is 0 Å². The van der Waals surface area contributed by atoms with Crippen LogP contribution in [0.4, 0.5) is 11.5 Å². The number of nitrogens with zero attached hydrogens (tertiary/aromatic N) is 3. The normalized spacial score (nSPS) is 19.2. The zero-order valence-electron chi connectivity index (χ0n) is 16.7. The van der Waals surface area contributed by atoms with Gasteiger partial charge in [0.15, 0.2) is 0 Å². The van der Waals surface area contributed by atoms with E-state index in [0.29, 0.717) is 24.3 Å². The molecule has 150 valence electrons. The average Bonchev–Trinajstić information content (AvgIpc) is 2.99. The van der Waals surface area contributed by atoms with Gasteiger partial charge < -0.3 is 10.2 Å². The highest BCUT2D eigenvalue weighted by Gasteiger charge is 2.39. The lowest BCUT2D eigenvalue weighted by molar-refractivity contribution is -0.136. The van der Waals surface area contributed by atoms with Gasteiger partial charge in [0.1, 0.15) is 17.7 Å². The Morgan fingerprint density at radius 2 is 1.97 bits per heavy atom. The Hall–Kier alpha value is -3.29. The molecule has 0 bridgehead atoms. The second kappa shape index (κ2) is 6.95. The number of hydrogen-bond acceptors (Lipinski definition) is 6. The average molecular weight is 393 g/mol. The van der Waals surface area contributed by atoms with Gasteiger partial charge in [-0.25, -0.2) is 9.97 Å². The van der Waals surface area contributed by atoms with Crippen molar-refractivity contribution in [3.63, 3.8) is 0 Å². The van der Waals surface area contributed by atoms with Gasteiger partial charge in [0.25, 0.3) is 5.91 Å². The summed E-state index contributed by atoms with van der Waals surface area (Å²) in [5.74, 6) is 0.455. The smallest absolute Gasteiger partial charge is 0.255 e. The van der Waals surface area contributed by atoms with E-state index < -0.39 is 11.9 Å². The summed E-state index contributed by atoms with van der Waals surface area (Å²) in [5, 5.41) is 5.62. The van der Waals surface area contributed by atoms with Crippen LogP contribution in [0.5, 0.6) is 0 Å². The van der Waals surface area contributed by atoms with Crippen LogP contribution >= 0.6 is 0 Å². The Balaban J connectivity index is 1.61. The first-order valence-electron chi connectivity index (χ1n) is 9.61. The van der Waals surface area contributed by atoms with Crippen LogP contribution < -0.4 is 10.6 Å². The highest BCUT2D eigenvalue weighted by molar-refractivity contribution is 6.06. The van der Waals surface area contributed by atoms with Crippen molar-refractivity contribution in [3.8, 4) is 0 Å². The summed E-state index contributed by atoms with van der Waals surface area (Å²) in [6, 6.07) is 6.60. The van der Waals surface area contributed by atoms with Gasteiger partial charge >= 0.3 is 0 Å². The Morgan fingerprint density at radius 1 is 1.17 bits per heavy atom. The molecule has 3 amide bonds. The van der Waals surface area contributed by atoms with Crippen molar-refractivity contribution in [3.05, 3.63) is 47.4 Å². The van der Waals surface area contributed by atoms with Crippen LogP contribution in [0.15, 0.2) is 30.5 Å². The first-order valence-corrected chi connectivity index (χ1v) is 9.61. The Kier molecular flexibility index (Phi) is 4.56. The van der Waals surface area contributed by atoms with Crippen molar-refractivity contribution in [2.24, 2.45) is 0 Å². The van der Waals surface area contributed by atoms with Crippen molar-refractivity contribution >= 4 is 29.2 Å². The Labute approximate surface area is 168 Å². The maximum absolute atomic E-state index is 12.9. The third-order valence-corrected chi connectivity index (χ3v) is 5.17. The molecule has 1 atom stereocenters. The number of rotatable bonds is 3. The second-order valence-electron chi connectivity index (χ2n) is 8.37. The third kappa shape index (κ3) is 3.57. The summed E-state index contributed by atoms with van der Waals surface area (Å²) in [6.07, 6.45) is 2.28. The minimum Gasteiger partial charge on any atom is -0.340 e. The molecule has 2 aliphatic rings. The van der Waals surface area contributed by atoms with Crippen molar-refractivity contribution < 1.29 is 14.4 Å². The number of fused-ring (bicyclic) bond motifs is 1. The molecule has 1 fully saturated rings. The molecule has 8 heteroatoms. The number of hydrogen-bond donors (Lipinski definition) is 2. The van der Waals surface area contributed by atoms with Crippen LogP contribution in [0.2, 0.25) is 0 Å². The highest BCUT2D eigenvalue weighted by atomic mass is 16.2. The molecular weight excluding hydrogens is 370 g/mol. The molecule has 1 saturated heterocycles. The molecule has 2 aromatic rings. The fourth-order valence-electron chi connectivity index (χ4n) is 3.63. The van der Waals surface area contributed by atoms with Gasteiger partial charge in [0, 0.05) is 41.4 Å². The summed E-state index contributed by atoms with van der Waals surface area (Å²) in [7, 11) is 0. The lowest BCUT2D eigenvalue weighted by Crippen LogP contribution is -2.52. The van der Waals surface area contributed by atoms with Crippen LogP contribution in [0.1, 0.15) is 55.4 Å². The molecular formula is C21H23N5O3. The van der Waals surface area contributed by atoms with Gasteiger partial charge in [-0.15, -0.1) is 0 Å². The summed E-state index contributed by atoms with van der Waals surface area (Å²) in [5.41, 5.74) is 1.96. The molecule has 0 radical (unpaired) electrons. The molecule has 0 spiro atoms. The van der Waals surface area contributed by atoms with E-state index in [1.54, 1.807) is 24.4 Å². The Morgan fingerprint density at radius 3 is 2.69 bits per heavy atom. The quantitative estimate of drug-likeness (QED) is 0.776. The van der Waals surface area contributed by atoms with Crippen molar-refractivity contribution in [1.82, 2.24) is 20.2 Å². The van der Waals surface area contributed by atoms with E-state index in [0.717, 1.165) is 17.1 Å². The molecule has 1 aromatic heterocycles. The minimum absolute atomic E-state index is 0.186. The predicted molar refractivity (Wildman–Crippen MR) is 107 cm³/mol. The van der Waals surface area contributed by atoms with E-state index in [4.69, 9.17) is 0 Å². The number of nitrogens with one attached hydrogen (secondary N) is 2. The molecule has 1 aromatic carbocycles. The topological polar surface area (TPSA) is 104 Å². The van der Waals surface area contributed by atoms with Gasteiger partial charge in [-0.3, -0.25) is 19.7 Å². The van der Waals surface area contributed by atoms with Gasteiger partial charge in [0.05, 0.1) is 0 Å². The number of anilines is 2. The molecule has 29 heavy (non-hydrogen) atoms. The van der Waals surface area contributed by atoms with Gasteiger partial charge in [0.2, 0.25) is 11.8 Å². The van der Waals surface area contributed by atoms with E-state index in [9.17, 15) is 14.4 Å². The summed E-state index contributed by atoms with van der Waals surface area (Å²) in [4.78, 5) is 47.1. The highest BCUT2D eigenvalue weighted by Crippen LogP contribution is 2.33. The van der Waals surface area contributed by atoms with Crippen molar-refractivity contribution in [1.29, 1.82) is 0 Å². The first kappa shape index (κ1) is 19.0. The number of benzene rings is 1. The number of piperidine rings is 1. The largest absolute Gasteiger partial charge is 0.340 e. The van der Waals surface area contributed by atoms with Crippen LogP contribution in [0, 0.1) is 0 Å². The number of imide groups is 1. The summed E-state index contributed by atoms with van der Waals surface area (Å²) < 4.78 is 0. The first-order chi connectivity index (χ1) is 13.7. The lowest BCUT2D eigenvalue weighted by atomic mass is 9.96. The molecule has 1 unspecified atom stereocenters. The molecule has 4 rings (SSSR count). The summed E-state index contributed by atoms with van der Waals surface area (Å²) >= 11 is 0. The molecule has 3 heterocycles. The Bertz CT molecular complexity index is 1010. The second-order valence-corrected chi connectivity index (χ2v) is 8.37. The van der Waals surface area contributed by atoms with Crippen LogP contribution in [-0.2, 0) is 21.5 Å². The third-order valence-electron chi connectivity index (χ3n) is 5.17. The number of aromatic nitrogens is 2. The van der Waals surface area contributed by atoms with E-state index in [1.807, 2.05) is 26.8 Å². The van der Waals surface area contributed by atoms with E-state index in [1.165, 1.54) is 4.90 Å². The molecule has 0 saturated carbocycles. The zero-order chi connectivity index (χ0) is 20.8. The standard InChI is InChI=1S/C21H23N5O3/c1-21(2,3)20-22-10-9-16(24-20)23-14-6-4-5-12-13(14)11-26(19(12)29)15-7-8-17(27)25-18(15)28/h4-6,9-10,15H,7-8,11H2,1-3H3,(H,22,23,24)(H,25,27,28). The van der Waals surface area contributed by atoms with Crippen molar-refractivity contribution in [2.45, 2.75) is 51.6 Å². The SMILES string of the molecule is CC(C)(C)c1nccc(Nc2cccc3c2CN(C2CCC(=O)NC2=O)C3=O)n1. The van der Waals surface area contributed by atoms with Crippen LogP contribution in [0.25, 0.3) is 0 Å². The number of carbonyl (C=O) groups is 3. The molecule has 8 nitrogen and oxygen atoms in total. The molecule has 2 aliphatic heterocycles. The van der Waals surface area contributed by atoms with Gasteiger partial charge in [-0.05, 0) is 24.6 Å². The fraction of sp³-hybridized carbons (Fsp3) is 0.381. The minimum atomic E-state index is -0.632. The lowest BCUT2D eigenvalue weighted by Gasteiger charge is -2.29. The van der Waals surface area contributed by atoms with E-state index >= 15 is 0 Å². The monoisotopic (exact) mass is 393 g/mol. The predicted octanol–water partition coefficient (Wildman–Crippen LogP) is 2.28. The fourth-order valence-corrected chi connectivity index (χ4v) is 3.63. The molecule has 0 aliphatic carbocycles. The van der Waals surface area contributed by atoms with E-state index in [2.05, 4.69) is 20.6 Å². The van der Waals surface area contributed by atoms with Gasteiger partial charge in [-0.2, -0.15) is 0 Å². The summed E-state index contributed by atoms with van der Waals surface area (Å²) in [6.45, 7) is 6.44.